The SMILES string of the molecule is CCNC(Cc1ccccc1Br)c1ccc(Cl)cc1OC. The zero-order valence-electron chi connectivity index (χ0n) is 12.2. The van der Waals surface area contributed by atoms with Gasteiger partial charge in [0.25, 0.3) is 0 Å². The van der Waals surface area contributed by atoms with E-state index >= 15 is 0 Å². The first-order valence-electron chi connectivity index (χ1n) is 6.96. The fourth-order valence-corrected chi connectivity index (χ4v) is 3.00. The van der Waals surface area contributed by atoms with Crippen LogP contribution in [-0.4, -0.2) is 13.7 Å². The Hall–Kier alpha value is -1.03. The lowest BCUT2D eigenvalue weighted by Gasteiger charge is -2.21. The summed E-state index contributed by atoms with van der Waals surface area (Å²) in [6, 6.07) is 14.3. The highest BCUT2D eigenvalue weighted by atomic mass is 79.9. The van der Waals surface area contributed by atoms with Crippen molar-refractivity contribution in [1.29, 1.82) is 0 Å². The topological polar surface area (TPSA) is 21.3 Å². The van der Waals surface area contributed by atoms with Gasteiger partial charge in [-0.3, -0.25) is 0 Å². The van der Waals surface area contributed by atoms with Crippen molar-refractivity contribution in [3.8, 4) is 5.75 Å². The molecule has 112 valence electrons. The summed E-state index contributed by atoms with van der Waals surface area (Å²) < 4.78 is 6.61. The quantitative estimate of drug-likeness (QED) is 0.774. The molecule has 0 saturated heterocycles. The number of rotatable bonds is 6. The second-order valence-corrected chi connectivity index (χ2v) is 6.08. The maximum absolute atomic E-state index is 6.05. The molecule has 0 heterocycles. The lowest BCUT2D eigenvalue weighted by Crippen LogP contribution is -2.23. The van der Waals surface area contributed by atoms with E-state index in [1.807, 2.05) is 24.3 Å². The molecule has 21 heavy (non-hydrogen) atoms. The highest BCUT2D eigenvalue weighted by Crippen LogP contribution is 2.31. The summed E-state index contributed by atoms with van der Waals surface area (Å²) in [5.74, 6) is 0.820. The first kappa shape index (κ1) is 16.3. The van der Waals surface area contributed by atoms with E-state index in [0.29, 0.717) is 5.02 Å². The second kappa shape index (κ2) is 7.83. The van der Waals surface area contributed by atoms with Gasteiger partial charge in [-0.2, -0.15) is 0 Å². The van der Waals surface area contributed by atoms with Crippen molar-refractivity contribution in [2.75, 3.05) is 13.7 Å². The number of benzene rings is 2. The monoisotopic (exact) mass is 367 g/mol. The van der Waals surface area contributed by atoms with Crippen molar-refractivity contribution in [1.82, 2.24) is 5.32 Å². The number of likely N-dealkylation sites (N-methyl/N-ethyl adjacent to an activating group) is 1. The minimum atomic E-state index is 0.181. The maximum atomic E-state index is 6.05. The lowest BCUT2D eigenvalue weighted by molar-refractivity contribution is 0.399. The third-order valence-electron chi connectivity index (χ3n) is 3.40. The van der Waals surface area contributed by atoms with Gasteiger partial charge in [0, 0.05) is 21.1 Å². The number of methoxy groups -OCH3 is 1. The summed E-state index contributed by atoms with van der Waals surface area (Å²) in [5, 5.41) is 4.21. The van der Waals surface area contributed by atoms with Crippen molar-refractivity contribution in [2.45, 2.75) is 19.4 Å². The summed E-state index contributed by atoms with van der Waals surface area (Å²) in [7, 11) is 1.68. The van der Waals surface area contributed by atoms with Gasteiger partial charge in [0.05, 0.1) is 7.11 Å². The third kappa shape index (κ3) is 4.22. The van der Waals surface area contributed by atoms with E-state index in [-0.39, 0.29) is 6.04 Å². The molecule has 0 aliphatic carbocycles. The predicted molar refractivity (Wildman–Crippen MR) is 92.3 cm³/mol. The van der Waals surface area contributed by atoms with E-state index in [4.69, 9.17) is 16.3 Å². The number of hydrogen-bond donors (Lipinski definition) is 1. The molecule has 2 nitrogen and oxygen atoms in total. The average Bonchev–Trinajstić information content (AvgIpc) is 2.49. The maximum Gasteiger partial charge on any atom is 0.125 e. The van der Waals surface area contributed by atoms with Gasteiger partial charge in [0.2, 0.25) is 0 Å². The number of ether oxygens (including phenoxy) is 1. The van der Waals surface area contributed by atoms with Gasteiger partial charge >= 0.3 is 0 Å². The number of nitrogens with one attached hydrogen (secondary N) is 1. The molecule has 2 aromatic rings. The molecule has 0 fully saturated rings. The Labute approximate surface area is 139 Å². The first-order valence-corrected chi connectivity index (χ1v) is 8.13. The fourth-order valence-electron chi connectivity index (χ4n) is 2.40. The van der Waals surface area contributed by atoms with Gasteiger partial charge < -0.3 is 10.1 Å². The fraction of sp³-hybridized carbons (Fsp3) is 0.294. The van der Waals surface area contributed by atoms with Crippen LogP contribution in [0, 0.1) is 0 Å². The molecule has 0 aliphatic rings. The smallest absolute Gasteiger partial charge is 0.125 e. The van der Waals surface area contributed by atoms with E-state index in [1.54, 1.807) is 7.11 Å². The summed E-state index contributed by atoms with van der Waals surface area (Å²) in [6.07, 6.45) is 0.882. The van der Waals surface area contributed by atoms with Crippen LogP contribution in [0.3, 0.4) is 0 Å². The molecule has 1 unspecified atom stereocenters. The molecule has 0 bridgehead atoms. The molecular formula is C17H19BrClNO. The molecule has 0 spiro atoms. The van der Waals surface area contributed by atoms with Crippen LogP contribution in [0.15, 0.2) is 46.9 Å². The molecule has 0 aromatic heterocycles. The van der Waals surface area contributed by atoms with E-state index in [9.17, 15) is 0 Å². The molecule has 1 N–H and O–H groups in total. The van der Waals surface area contributed by atoms with E-state index in [1.165, 1.54) is 5.56 Å². The van der Waals surface area contributed by atoms with Crippen molar-refractivity contribution in [3.05, 3.63) is 63.1 Å². The zero-order chi connectivity index (χ0) is 15.2. The zero-order valence-corrected chi connectivity index (χ0v) is 14.5. The Morgan fingerprint density at radius 3 is 2.67 bits per heavy atom. The van der Waals surface area contributed by atoms with Crippen LogP contribution < -0.4 is 10.1 Å². The predicted octanol–water partition coefficient (Wildman–Crippen LogP) is 5.00. The van der Waals surface area contributed by atoms with Crippen molar-refractivity contribution in [3.63, 3.8) is 0 Å². The lowest BCUT2D eigenvalue weighted by atomic mass is 9.98. The van der Waals surface area contributed by atoms with Crippen molar-refractivity contribution in [2.24, 2.45) is 0 Å². The molecular weight excluding hydrogens is 350 g/mol. The standard InChI is InChI=1S/C17H19BrClNO/c1-3-20-16(10-12-6-4-5-7-15(12)18)14-9-8-13(19)11-17(14)21-2/h4-9,11,16,20H,3,10H2,1-2H3. The molecule has 0 aliphatic heterocycles. The van der Waals surface area contributed by atoms with Gasteiger partial charge in [0.15, 0.2) is 0 Å². The first-order chi connectivity index (χ1) is 10.2. The van der Waals surface area contributed by atoms with Gasteiger partial charge in [-0.15, -0.1) is 0 Å². The minimum Gasteiger partial charge on any atom is -0.496 e. The van der Waals surface area contributed by atoms with Crippen LogP contribution in [0.4, 0.5) is 0 Å². The van der Waals surface area contributed by atoms with E-state index < -0.39 is 0 Å². The summed E-state index contributed by atoms with van der Waals surface area (Å²) in [5.41, 5.74) is 2.39. The number of halogens is 2. The molecule has 0 saturated carbocycles. The van der Waals surface area contributed by atoms with Gasteiger partial charge in [-0.25, -0.2) is 0 Å². The van der Waals surface area contributed by atoms with Crippen LogP contribution in [0.2, 0.25) is 5.02 Å². The Kier molecular flexibility index (Phi) is 6.09. The summed E-state index contributed by atoms with van der Waals surface area (Å²) >= 11 is 9.67. The summed E-state index contributed by atoms with van der Waals surface area (Å²) in [6.45, 7) is 3.00. The third-order valence-corrected chi connectivity index (χ3v) is 4.41. The normalized spacial score (nSPS) is 12.2. The molecule has 4 heteroatoms. The molecule has 0 radical (unpaired) electrons. The Morgan fingerprint density at radius 2 is 2.00 bits per heavy atom. The van der Waals surface area contributed by atoms with E-state index in [0.717, 1.165) is 28.8 Å². The van der Waals surface area contributed by atoms with Crippen LogP contribution in [0.5, 0.6) is 5.75 Å². The largest absolute Gasteiger partial charge is 0.496 e. The van der Waals surface area contributed by atoms with Crippen molar-refractivity contribution < 1.29 is 4.74 Å². The molecule has 0 amide bonds. The average molecular weight is 369 g/mol. The number of hydrogen-bond acceptors (Lipinski definition) is 2. The van der Waals surface area contributed by atoms with Crippen LogP contribution in [0.25, 0.3) is 0 Å². The Balaban J connectivity index is 2.33. The highest BCUT2D eigenvalue weighted by Gasteiger charge is 2.17. The Morgan fingerprint density at radius 1 is 1.24 bits per heavy atom. The second-order valence-electron chi connectivity index (χ2n) is 4.79. The van der Waals surface area contributed by atoms with Crippen molar-refractivity contribution >= 4 is 27.5 Å². The summed E-state index contributed by atoms with van der Waals surface area (Å²) in [4.78, 5) is 0. The van der Waals surface area contributed by atoms with Gasteiger partial charge in [-0.05, 0) is 36.7 Å². The highest BCUT2D eigenvalue weighted by molar-refractivity contribution is 9.10. The molecule has 2 rings (SSSR count). The van der Waals surface area contributed by atoms with E-state index in [2.05, 4.69) is 46.4 Å². The van der Waals surface area contributed by atoms with Gasteiger partial charge in [-0.1, -0.05) is 58.7 Å². The van der Waals surface area contributed by atoms with Crippen LogP contribution in [-0.2, 0) is 6.42 Å². The van der Waals surface area contributed by atoms with Gasteiger partial charge in [0.1, 0.15) is 5.75 Å². The van der Waals surface area contributed by atoms with Crippen LogP contribution >= 0.6 is 27.5 Å². The molecule has 1 atom stereocenters. The minimum absolute atomic E-state index is 0.181. The molecule has 2 aromatic carbocycles. The van der Waals surface area contributed by atoms with Crippen LogP contribution in [0.1, 0.15) is 24.1 Å². The Bertz CT molecular complexity index is 603.